The highest BCUT2D eigenvalue weighted by Gasteiger charge is 2.55. The average Bonchev–Trinajstić information content (AvgIpc) is 3.09. The Balaban J connectivity index is 1.91. The molecule has 1 spiro atoms. The Bertz CT molecular complexity index is 771. The lowest BCUT2D eigenvalue weighted by molar-refractivity contribution is -0.127. The summed E-state index contributed by atoms with van der Waals surface area (Å²) < 4.78 is 0. The lowest BCUT2D eigenvalue weighted by Crippen LogP contribution is -2.44. The lowest BCUT2D eigenvalue weighted by Gasteiger charge is -2.39. The number of ketones is 1. The van der Waals surface area contributed by atoms with Crippen molar-refractivity contribution >= 4 is 40.3 Å². The topological polar surface area (TPSA) is 46.2 Å². The first-order valence-corrected chi connectivity index (χ1v) is 8.58. The molecule has 0 saturated heterocycles. The number of rotatable bonds is 1. The van der Waals surface area contributed by atoms with Gasteiger partial charge >= 0.3 is 0 Å². The van der Waals surface area contributed by atoms with Gasteiger partial charge in [0.1, 0.15) is 5.78 Å². The fraction of sp³-hybridized carbons (Fsp3) is 0.294. The fourth-order valence-electron chi connectivity index (χ4n) is 3.85. The van der Waals surface area contributed by atoms with Crippen molar-refractivity contribution < 1.29 is 9.59 Å². The van der Waals surface area contributed by atoms with E-state index in [9.17, 15) is 9.59 Å². The van der Waals surface area contributed by atoms with Gasteiger partial charge in [-0.3, -0.25) is 9.59 Å². The number of anilines is 1. The van der Waals surface area contributed by atoms with Crippen LogP contribution in [0.2, 0.25) is 5.02 Å². The Morgan fingerprint density at radius 2 is 2.14 bits per heavy atom. The van der Waals surface area contributed by atoms with Gasteiger partial charge in [-0.25, -0.2) is 0 Å². The summed E-state index contributed by atoms with van der Waals surface area (Å²) in [6.45, 7) is 0. The molecule has 112 valence electrons. The van der Waals surface area contributed by atoms with E-state index < -0.39 is 5.41 Å². The molecule has 1 aliphatic heterocycles. The zero-order valence-electron chi connectivity index (χ0n) is 11.8. The Labute approximate surface area is 137 Å². The van der Waals surface area contributed by atoms with Crippen molar-refractivity contribution in [3.63, 3.8) is 0 Å². The van der Waals surface area contributed by atoms with Gasteiger partial charge in [-0.15, -0.1) is 0 Å². The zero-order chi connectivity index (χ0) is 15.3. The molecule has 3 nitrogen and oxygen atoms in total. The molecule has 1 saturated carbocycles. The molecule has 22 heavy (non-hydrogen) atoms. The summed E-state index contributed by atoms with van der Waals surface area (Å²) in [4.78, 5) is 24.9. The molecule has 1 aromatic heterocycles. The summed E-state index contributed by atoms with van der Waals surface area (Å²) in [7, 11) is 0. The lowest BCUT2D eigenvalue weighted by atomic mass is 9.61. The van der Waals surface area contributed by atoms with Crippen LogP contribution in [0.15, 0.2) is 35.0 Å². The molecule has 5 heteroatoms. The summed E-state index contributed by atoms with van der Waals surface area (Å²) in [6.07, 6.45) is 1.44. The summed E-state index contributed by atoms with van der Waals surface area (Å²) in [5.74, 6) is 0.132. The highest BCUT2D eigenvalue weighted by Crippen LogP contribution is 2.54. The van der Waals surface area contributed by atoms with Crippen molar-refractivity contribution in [3.05, 3.63) is 51.2 Å². The number of benzene rings is 1. The average molecular weight is 332 g/mol. The Hall–Kier alpha value is -1.65. The minimum absolute atomic E-state index is 0.00605. The molecule has 1 aliphatic carbocycles. The summed E-state index contributed by atoms with van der Waals surface area (Å²) in [5.41, 5.74) is 2.20. The number of nitrogens with one attached hydrogen (secondary N) is 1. The Morgan fingerprint density at radius 1 is 1.27 bits per heavy atom. The molecule has 1 amide bonds. The molecule has 1 N–H and O–H groups in total. The molecule has 0 radical (unpaired) electrons. The Kier molecular flexibility index (Phi) is 3.13. The van der Waals surface area contributed by atoms with Gasteiger partial charge in [-0.05, 0) is 46.5 Å². The molecule has 1 fully saturated rings. The van der Waals surface area contributed by atoms with Crippen LogP contribution in [-0.4, -0.2) is 11.7 Å². The van der Waals surface area contributed by atoms with E-state index in [0.29, 0.717) is 24.3 Å². The van der Waals surface area contributed by atoms with Gasteiger partial charge in [0.05, 0.1) is 5.41 Å². The molecule has 1 aromatic carbocycles. The zero-order valence-corrected chi connectivity index (χ0v) is 13.3. The smallest absolute Gasteiger partial charge is 0.235 e. The molecule has 2 aliphatic rings. The van der Waals surface area contributed by atoms with Crippen molar-refractivity contribution in [2.24, 2.45) is 0 Å². The number of thiophene rings is 1. The minimum Gasteiger partial charge on any atom is -0.325 e. The van der Waals surface area contributed by atoms with E-state index in [1.165, 1.54) is 0 Å². The number of carbonyl (C=O) groups excluding carboxylic acids is 2. The predicted octanol–water partition coefficient (Wildman–Crippen LogP) is 4.13. The minimum atomic E-state index is -0.644. The summed E-state index contributed by atoms with van der Waals surface area (Å²) in [6, 6.07) is 7.58. The molecular formula is C17H14ClNO2S. The van der Waals surface area contributed by atoms with Gasteiger partial charge < -0.3 is 5.32 Å². The number of hydrogen-bond donors (Lipinski definition) is 1. The monoisotopic (exact) mass is 331 g/mol. The van der Waals surface area contributed by atoms with Crippen LogP contribution in [-0.2, 0) is 15.0 Å². The maximum atomic E-state index is 12.9. The molecule has 0 unspecified atom stereocenters. The number of halogens is 1. The highest BCUT2D eigenvalue weighted by atomic mass is 35.5. The van der Waals surface area contributed by atoms with E-state index in [1.54, 1.807) is 17.4 Å². The van der Waals surface area contributed by atoms with Crippen LogP contribution in [0.5, 0.6) is 0 Å². The number of carbonyl (C=O) groups is 2. The standard InChI is InChI=1S/C17H14ClNO2S/c18-11-1-2-13-15(7-11)19-16(21)17(13)5-3-12(20)8-14(17)10-4-6-22-9-10/h1-2,4,6-7,9,14H,3,5,8H2,(H,19,21)/t14-,17-/m0/s1. The van der Waals surface area contributed by atoms with Crippen LogP contribution in [0, 0.1) is 0 Å². The predicted molar refractivity (Wildman–Crippen MR) is 87.7 cm³/mol. The van der Waals surface area contributed by atoms with Crippen LogP contribution in [0.3, 0.4) is 0 Å². The van der Waals surface area contributed by atoms with Gasteiger partial charge in [-0.1, -0.05) is 17.7 Å². The van der Waals surface area contributed by atoms with Crippen LogP contribution < -0.4 is 5.32 Å². The highest BCUT2D eigenvalue weighted by molar-refractivity contribution is 7.08. The Morgan fingerprint density at radius 3 is 2.91 bits per heavy atom. The van der Waals surface area contributed by atoms with Gasteiger partial charge in [0.25, 0.3) is 0 Å². The van der Waals surface area contributed by atoms with Gasteiger partial charge in [0, 0.05) is 29.5 Å². The van der Waals surface area contributed by atoms with Crippen molar-refractivity contribution in [1.82, 2.24) is 0 Å². The van der Waals surface area contributed by atoms with E-state index in [2.05, 4.69) is 5.32 Å². The van der Waals surface area contributed by atoms with E-state index in [4.69, 9.17) is 11.6 Å². The van der Waals surface area contributed by atoms with Crippen LogP contribution in [0.25, 0.3) is 0 Å². The van der Waals surface area contributed by atoms with Crippen molar-refractivity contribution in [2.75, 3.05) is 5.32 Å². The van der Waals surface area contributed by atoms with E-state index in [1.807, 2.05) is 29.0 Å². The SMILES string of the molecule is O=C1CC[C@@]2(C(=O)Nc3cc(Cl)ccc32)[C@H](c2ccsc2)C1. The summed E-state index contributed by atoms with van der Waals surface area (Å²) >= 11 is 7.65. The maximum absolute atomic E-state index is 12.9. The van der Waals surface area contributed by atoms with Crippen molar-refractivity contribution in [1.29, 1.82) is 0 Å². The third kappa shape index (κ3) is 1.87. The van der Waals surface area contributed by atoms with Crippen LogP contribution in [0.4, 0.5) is 5.69 Å². The third-order valence-corrected chi connectivity index (χ3v) is 5.82. The molecule has 2 atom stereocenters. The summed E-state index contributed by atoms with van der Waals surface area (Å²) in [5, 5.41) is 7.63. The number of fused-ring (bicyclic) bond motifs is 2. The van der Waals surface area contributed by atoms with Crippen molar-refractivity contribution in [3.8, 4) is 0 Å². The molecular weight excluding hydrogens is 318 g/mol. The maximum Gasteiger partial charge on any atom is 0.235 e. The van der Waals surface area contributed by atoms with Gasteiger partial charge in [0.15, 0.2) is 0 Å². The van der Waals surface area contributed by atoms with E-state index >= 15 is 0 Å². The molecule has 0 bridgehead atoms. The second-order valence-corrected chi connectivity index (χ2v) is 7.18. The number of hydrogen-bond acceptors (Lipinski definition) is 3. The van der Waals surface area contributed by atoms with Crippen LogP contribution in [0.1, 0.15) is 36.3 Å². The second-order valence-electron chi connectivity index (χ2n) is 5.97. The van der Waals surface area contributed by atoms with E-state index in [0.717, 1.165) is 16.8 Å². The quantitative estimate of drug-likeness (QED) is 0.854. The third-order valence-electron chi connectivity index (χ3n) is 4.89. The molecule has 2 aromatic rings. The second kappa shape index (κ2) is 4.93. The van der Waals surface area contributed by atoms with E-state index in [-0.39, 0.29) is 17.6 Å². The fourth-order valence-corrected chi connectivity index (χ4v) is 4.74. The first-order chi connectivity index (χ1) is 10.6. The molecule has 4 rings (SSSR count). The van der Waals surface area contributed by atoms with Gasteiger partial charge in [-0.2, -0.15) is 11.3 Å². The number of Topliss-reactive ketones (excluding diaryl/α,β-unsaturated/α-hetero) is 1. The number of amides is 1. The van der Waals surface area contributed by atoms with Crippen LogP contribution >= 0.6 is 22.9 Å². The first-order valence-electron chi connectivity index (χ1n) is 7.26. The molecule has 2 heterocycles. The first kappa shape index (κ1) is 14.0. The van der Waals surface area contributed by atoms with Crippen molar-refractivity contribution in [2.45, 2.75) is 30.6 Å². The van der Waals surface area contributed by atoms with Gasteiger partial charge in [0.2, 0.25) is 5.91 Å². The largest absolute Gasteiger partial charge is 0.325 e. The normalized spacial score (nSPS) is 27.0.